The number of hydrogen-bond acceptors (Lipinski definition) is 3. The Labute approximate surface area is 88.5 Å². The van der Waals surface area contributed by atoms with Crippen molar-refractivity contribution in [3.63, 3.8) is 0 Å². The molecule has 0 bridgehead atoms. The highest BCUT2D eigenvalue weighted by atomic mass is 35.5. The van der Waals surface area contributed by atoms with Crippen molar-refractivity contribution in [3.05, 3.63) is 22.7 Å². The van der Waals surface area contributed by atoms with Gasteiger partial charge in [0.2, 0.25) is 0 Å². The molecule has 0 spiro atoms. The number of aromatic nitrogens is 2. The summed E-state index contributed by atoms with van der Waals surface area (Å²) >= 11 is 5.89. The van der Waals surface area contributed by atoms with E-state index in [2.05, 4.69) is 9.97 Å². The van der Waals surface area contributed by atoms with Crippen molar-refractivity contribution < 1.29 is 4.74 Å². The summed E-state index contributed by atoms with van der Waals surface area (Å²) in [6.07, 6.45) is 2.45. The number of hydrogen-bond donors (Lipinski definition) is 0. The molecule has 1 aromatic heterocycles. The molecule has 0 aliphatic heterocycles. The molecule has 4 heteroatoms. The van der Waals surface area contributed by atoms with Crippen molar-refractivity contribution in [1.82, 2.24) is 9.97 Å². The second-order valence-corrected chi connectivity index (χ2v) is 3.83. The Morgan fingerprint density at radius 1 is 1.50 bits per heavy atom. The van der Waals surface area contributed by atoms with E-state index in [0.717, 1.165) is 5.69 Å². The second-order valence-electron chi connectivity index (χ2n) is 3.44. The van der Waals surface area contributed by atoms with Gasteiger partial charge in [-0.3, -0.25) is 0 Å². The normalized spacial score (nSPS) is 15.9. The maximum Gasteiger partial charge on any atom is 0.155 e. The molecule has 1 heterocycles. The molecule has 0 N–H and O–H groups in total. The Balaban J connectivity index is 2.13. The SMILES string of the molecule is CCOCc1nc(Cl)cc(C2CC2)n1. The van der Waals surface area contributed by atoms with Crippen molar-refractivity contribution in [2.75, 3.05) is 6.61 Å². The first kappa shape index (κ1) is 9.87. The fourth-order valence-corrected chi connectivity index (χ4v) is 1.54. The molecule has 1 fully saturated rings. The molecule has 0 aromatic carbocycles. The molecule has 3 nitrogen and oxygen atoms in total. The molecule has 1 saturated carbocycles. The van der Waals surface area contributed by atoms with Gasteiger partial charge in [-0.15, -0.1) is 0 Å². The third-order valence-corrected chi connectivity index (χ3v) is 2.39. The molecule has 0 radical (unpaired) electrons. The van der Waals surface area contributed by atoms with Crippen LogP contribution in [0.4, 0.5) is 0 Å². The van der Waals surface area contributed by atoms with E-state index in [-0.39, 0.29) is 0 Å². The second kappa shape index (κ2) is 4.24. The number of nitrogens with zero attached hydrogens (tertiary/aromatic N) is 2. The minimum atomic E-state index is 0.455. The standard InChI is InChI=1S/C10H13ClN2O/c1-2-14-6-10-12-8(7-3-4-7)5-9(11)13-10/h5,7H,2-4,6H2,1H3. The van der Waals surface area contributed by atoms with Gasteiger partial charge in [-0.05, 0) is 25.8 Å². The summed E-state index contributed by atoms with van der Waals surface area (Å²) in [6, 6.07) is 1.86. The van der Waals surface area contributed by atoms with Gasteiger partial charge in [0.05, 0.1) is 0 Å². The number of halogens is 1. The van der Waals surface area contributed by atoms with Crippen LogP contribution < -0.4 is 0 Å². The van der Waals surface area contributed by atoms with Gasteiger partial charge in [0.15, 0.2) is 5.82 Å². The molecule has 0 saturated heterocycles. The summed E-state index contributed by atoms with van der Waals surface area (Å²) in [4.78, 5) is 8.52. The Morgan fingerprint density at radius 3 is 2.93 bits per heavy atom. The first-order chi connectivity index (χ1) is 6.79. The van der Waals surface area contributed by atoms with E-state index in [9.17, 15) is 0 Å². The molecule has 0 atom stereocenters. The van der Waals surface area contributed by atoms with Crippen molar-refractivity contribution in [3.8, 4) is 0 Å². The molecular formula is C10H13ClN2O. The van der Waals surface area contributed by atoms with Crippen LogP contribution in [0.2, 0.25) is 5.15 Å². The van der Waals surface area contributed by atoms with Crippen molar-refractivity contribution in [1.29, 1.82) is 0 Å². The van der Waals surface area contributed by atoms with E-state index >= 15 is 0 Å². The summed E-state index contributed by atoms with van der Waals surface area (Å²) in [5.74, 6) is 1.30. The lowest BCUT2D eigenvalue weighted by Gasteiger charge is -2.03. The maximum absolute atomic E-state index is 5.89. The Hall–Kier alpha value is -0.670. The summed E-state index contributed by atoms with van der Waals surface area (Å²) in [7, 11) is 0. The third-order valence-electron chi connectivity index (χ3n) is 2.19. The van der Waals surface area contributed by atoms with Gasteiger partial charge in [-0.2, -0.15) is 0 Å². The summed E-state index contributed by atoms with van der Waals surface area (Å²) in [6.45, 7) is 3.08. The van der Waals surface area contributed by atoms with E-state index in [1.807, 2.05) is 13.0 Å². The van der Waals surface area contributed by atoms with Crippen LogP contribution in [0.5, 0.6) is 0 Å². The van der Waals surface area contributed by atoms with Crippen LogP contribution in [-0.4, -0.2) is 16.6 Å². The largest absolute Gasteiger partial charge is 0.374 e. The van der Waals surface area contributed by atoms with Crippen LogP contribution >= 0.6 is 11.6 Å². The van der Waals surface area contributed by atoms with Crippen LogP contribution in [0, 0.1) is 0 Å². The zero-order chi connectivity index (χ0) is 9.97. The van der Waals surface area contributed by atoms with E-state index in [1.165, 1.54) is 12.8 Å². The lowest BCUT2D eigenvalue weighted by molar-refractivity contribution is 0.128. The van der Waals surface area contributed by atoms with Gasteiger partial charge in [-0.25, -0.2) is 9.97 Å². The first-order valence-corrected chi connectivity index (χ1v) is 5.28. The van der Waals surface area contributed by atoms with Crippen LogP contribution in [0.3, 0.4) is 0 Å². The Kier molecular flexibility index (Phi) is 2.99. The third kappa shape index (κ3) is 2.42. The zero-order valence-electron chi connectivity index (χ0n) is 8.16. The fraction of sp³-hybridized carbons (Fsp3) is 0.600. The highest BCUT2D eigenvalue weighted by Gasteiger charge is 2.25. The molecular weight excluding hydrogens is 200 g/mol. The molecule has 1 aliphatic carbocycles. The van der Waals surface area contributed by atoms with Crippen molar-refractivity contribution >= 4 is 11.6 Å². The average Bonchev–Trinajstić information content (AvgIpc) is 2.97. The quantitative estimate of drug-likeness (QED) is 0.720. The maximum atomic E-state index is 5.89. The van der Waals surface area contributed by atoms with Crippen LogP contribution in [-0.2, 0) is 11.3 Å². The average molecular weight is 213 g/mol. The van der Waals surface area contributed by atoms with E-state index in [4.69, 9.17) is 16.3 Å². The number of ether oxygens (including phenoxy) is 1. The minimum Gasteiger partial charge on any atom is -0.374 e. The predicted molar refractivity (Wildman–Crippen MR) is 54.3 cm³/mol. The fourth-order valence-electron chi connectivity index (χ4n) is 1.33. The van der Waals surface area contributed by atoms with Crippen LogP contribution in [0.15, 0.2) is 6.07 Å². The van der Waals surface area contributed by atoms with Gasteiger partial charge in [0.25, 0.3) is 0 Å². The smallest absolute Gasteiger partial charge is 0.155 e. The van der Waals surface area contributed by atoms with Gasteiger partial charge in [0, 0.05) is 18.2 Å². The van der Waals surface area contributed by atoms with Gasteiger partial charge in [0.1, 0.15) is 11.8 Å². The van der Waals surface area contributed by atoms with Gasteiger partial charge >= 0.3 is 0 Å². The lowest BCUT2D eigenvalue weighted by atomic mass is 10.3. The van der Waals surface area contributed by atoms with Gasteiger partial charge < -0.3 is 4.74 Å². The lowest BCUT2D eigenvalue weighted by Crippen LogP contribution is -2.01. The van der Waals surface area contributed by atoms with Crippen molar-refractivity contribution in [2.24, 2.45) is 0 Å². The molecule has 0 amide bonds. The predicted octanol–water partition coefficient (Wildman–Crippen LogP) is 2.54. The molecule has 1 aliphatic rings. The zero-order valence-corrected chi connectivity index (χ0v) is 8.92. The topological polar surface area (TPSA) is 35.0 Å². The van der Waals surface area contributed by atoms with Gasteiger partial charge in [-0.1, -0.05) is 11.6 Å². The Bertz CT molecular complexity index is 326. The molecule has 2 rings (SSSR count). The Morgan fingerprint density at radius 2 is 2.29 bits per heavy atom. The summed E-state index contributed by atoms with van der Waals surface area (Å²) in [5.41, 5.74) is 1.07. The van der Waals surface area contributed by atoms with E-state index in [0.29, 0.717) is 30.1 Å². The molecule has 76 valence electrons. The summed E-state index contributed by atoms with van der Waals surface area (Å²) in [5, 5.41) is 0.525. The first-order valence-electron chi connectivity index (χ1n) is 4.90. The molecule has 1 aromatic rings. The van der Waals surface area contributed by atoms with Crippen LogP contribution in [0.25, 0.3) is 0 Å². The highest BCUT2D eigenvalue weighted by Crippen LogP contribution is 2.39. The monoisotopic (exact) mass is 212 g/mol. The number of rotatable bonds is 4. The van der Waals surface area contributed by atoms with E-state index in [1.54, 1.807) is 0 Å². The minimum absolute atomic E-state index is 0.455. The molecule has 0 unspecified atom stereocenters. The molecule has 14 heavy (non-hydrogen) atoms. The summed E-state index contributed by atoms with van der Waals surface area (Å²) < 4.78 is 5.25. The van der Waals surface area contributed by atoms with Crippen LogP contribution in [0.1, 0.15) is 37.2 Å². The van der Waals surface area contributed by atoms with E-state index < -0.39 is 0 Å². The highest BCUT2D eigenvalue weighted by molar-refractivity contribution is 6.29. The van der Waals surface area contributed by atoms with Crippen molar-refractivity contribution in [2.45, 2.75) is 32.3 Å².